The molecule has 3 aromatic rings. The fourth-order valence-electron chi connectivity index (χ4n) is 3.27. The summed E-state index contributed by atoms with van der Waals surface area (Å²) in [6.45, 7) is 7.35. The molecule has 0 radical (unpaired) electrons. The number of hydrogen-bond donors (Lipinski definition) is 3. The predicted molar refractivity (Wildman–Crippen MR) is 119 cm³/mol. The summed E-state index contributed by atoms with van der Waals surface area (Å²) in [5, 5.41) is 20.8. The molecule has 162 valence electrons. The molecule has 1 aliphatic heterocycles. The lowest BCUT2D eigenvalue weighted by atomic mass is 10.1. The topological polar surface area (TPSA) is 112 Å². The first kappa shape index (κ1) is 20.9. The molecule has 0 bridgehead atoms. The molecule has 2 amide bonds. The van der Waals surface area contributed by atoms with Gasteiger partial charge in [-0.3, -0.25) is 14.3 Å². The Morgan fingerprint density at radius 2 is 1.97 bits per heavy atom. The number of phenols is 1. The van der Waals surface area contributed by atoms with Crippen LogP contribution in [0.25, 0.3) is 0 Å². The van der Waals surface area contributed by atoms with E-state index in [0.717, 1.165) is 30.6 Å². The van der Waals surface area contributed by atoms with Gasteiger partial charge >= 0.3 is 0 Å². The molecular weight excluding hydrogens is 416 g/mol. The molecular formula is C21H24N6O3S. The molecule has 9 nitrogen and oxygen atoms in total. The van der Waals surface area contributed by atoms with Gasteiger partial charge in [-0.1, -0.05) is 17.4 Å². The van der Waals surface area contributed by atoms with Crippen LogP contribution in [0.3, 0.4) is 0 Å². The summed E-state index contributed by atoms with van der Waals surface area (Å²) in [4.78, 5) is 31.3. The van der Waals surface area contributed by atoms with E-state index in [1.54, 1.807) is 23.7 Å². The zero-order chi connectivity index (χ0) is 22.1. The first-order valence-electron chi connectivity index (χ1n) is 9.97. The predicted octanol–water partition coefficient (Wildman–Crippen LogP) is 3.20. The summed E-state index contributed by atoms with van der Waals surface area (Å²) < 4.78 is 1.62. The van der Waals surface area contributed by atoms with Crippen molar-refractivity contribution < 1.29 is 14.7 Å². The minimum absolute atomic E-state index is 0.0611. The molecule has 3 heterocycles. The van der Waals surface area contributed by atoms with E-state index >= 15 is 0 Å². The number of benzene rings is 1. The number of nitrogens with one attached hydrogen (secondary N) is 2. The number of aromatic nitrogens is 3. The maximum absolute atomic E-state index is 12.7. The maximum atomic E-state index is 12.7. The van der Waals surface area contributed by atoms with Gasteiger partial charge in [0.15, 0.2) is 10.9 Å². The molecule has 1 aliphatic rings. The highest BCUT2D eigenvalue weighted by Crippen LogP contribution is 2.30. The van der Waals surface area contributed by atoms with Crippen LogP contribution in [0.5, 0.6) is 5.75 Å². The van der Waals surface area contributed by atoms with Crippen LogP contribution >= 0.6 is 11.3 Å². The van der Waals surface area contributed by atoms with Crippen LogP contribution < -0.4 is 10.6 Å². The molecule has 0 atom stereocenters. The van der Waals surface area contributed by atoms with Crippen LogP contribution in [0.2, 0.25) is 0 Å². The summed E-state index contributed by atoms with van der Waals surface area (Å²) in [5.41, 5.74) is 2.95. The van der Waals surface area contributed by atoms with E-state index in [1.165, 1.54) is 17.5 Å². The van der Waals surface area contributed by atoms with E-state index in [-0.39, 0.29) is 24.1 Å². The van der Waals surface area contributed by atoms with Crippen molar-refractivity contribution in [2.45, 2.75) is 33.7 Å². The van der Waals surface area contributed by atoms with E-state index in [4.69, 9.17) is 0 Å². The van der Waals surface area contributed by atoms with Crippen LogP contribution in [-0.2, 0) is 11.3 Å². The third kappa shape index (κ3) is 4.38. The summed E-state index contributed by atoms with van der Waals surface area (Å²) in [6.07, 6.45) is 4.37. The Morgan fingerprint density at radius 1 is 1.19 bits per heavy atom. The van der Waals surface area contributed by atoms with Crippen molar-refractivity contribution in [3.05, 3.63) is 46.1 Å². The number of aryl methyl sites for hydroxylation is 2. The standard InChI is InChI=1S/C21H24N6O3S/c1-12-5-6-15(28)14(3)18(12)23-20(30)16-9-22-21(31-16)24-19-13(2)10-27(25-19)11-17(29)26-7-4-8-26/h5-6,9-10,28H,4,7-8,11H2,1-3H3,(H,23,30)(H,22,24,25). The van der Waals surface area contributed by atoms with Crippen molar-refractivity contribution >= 4 is 39.8 Å². The number of hydrogen-bond acceptors (Lipinski definition) is 7. The number of likely N-dealkylation sites (tertiary alicyclic amines) is 1. The molecule has 1 fully saturated rings. The van der Waals surface area contributed by atoms with Crippen molar-refractivity contribution in [1.82, 2.24) is 19.7 Å². The van der Waals surface area contributed by atoms with Crippen molar-refractivity contribution in [2.24, 2.45) is 0 Å². The Bertz CT molecular complexity index is 1150. The van der Waals surface area contributed by atoms with E-state index in [0.29, 0.717) is 27.1 Å². The largest absolute Gasteiger partial charge is 0.508 e. The Balaban J connectivity index is 1.43. The fourth-order valence-corrected chi connectivity index (χ4v) is 3.98. The quantitative estimate of drug-likeness (QED) is 0.543. The molecule has 1 aromatic carbocycles. The number of nitrogens with zero attached hydrogens (tertiary/aromatic N) is 4. The molecule has 0 unspecified atom stereocenters. The van der Waals surface area contributed by atoms with Crippen molar-refractivity contribution in [3.8, 4) is 5.75 Å². The lowest BCUT2D eigenvalue weighted by Gasteiger charge is -2.30. The van der Waals surface area contributed by atoms with Gasteiger partial charge in [-0.2, -0.15) is 5.10 Å². The highest BCUT2D eigenvalue weighted by molar-refractivity contribution is 7.17. The lowest BCUT2D eigenvalue weighted by molar-refractivity contribution is -0.135. The summed E-state index contributed by atoms with van der Waals surface area (Å²) in [7, 11) is 0. The van der Waals surface area contributed by atoms with Gasteiger partial charge in [-0.25, -0.2) is 4.98 Å². The van der Waals surface area contributed by atoms with Crippen molar-refractivity contribution in [3.63, 3.8) is 0 Å². The number of carbonyl (C=O) groups excluding carboxylic acids is 2. The summed E-state index contributed by atoms with van der Waals surface area (Å²) in [5.74, 6) is 0.486. The molecule has 0 aliphatic carbocycles. The van der Waals surface area contributed by atoms with Crippen LogP contribution in [0.1, 0.15) is 32.8 Å². The number of carbonyl (C=O) groups is 2. The highest BCUT2D eigenvalue weighted by atomic mass is 32.1. The van der Waals surface area contributed by atoms with Crippen LogP contribution in [-0.4, -0.2) is 49.7 Å². The minimum Gasteiger partial charge on any atom is -0.508 e. The maximum Gasteiger partial charge on any atom is 0.267 e. The van der Waals surface area contributed by atoms with E-state index in [9.17, 15) is 14.7 Å². The first-order chi connectivity index (χ1) is 14.8. The lowest BCUT2D eigenvalue weighted by Crippen LogP contribution is -2.43. The Labute approximate surface area is 183 Å². The zero-order valence-electron chi connectivity index (χ0n) is 17.6. The third-order valence-corrected chi connectivity index (χ3v) is 6.20. The van der Waals surface area contributed by atoms with Crippen LogP contribution in [0, 0.1) is 20.8 Å². The second-order valence-corrected chi connectivity index (χ2v) is 8.63. The minimum atomic E-state index is -0.301. The number of anilines is 3. The first-order valence-corrected chi connectivity index (χ1v) is 10.8. The number of amides is 2. The van der Waals surface area contributed by atoms with Gasteiger partial charge in [0, 0.05) is 30.4 Å². The van der Waals surface area contributed by atoms with Gasteiger partial charge in [0.1, 0.15) is 17.2 Å². The second-order valence-electron chi connectivity index (χ2n) is 7.60. The zero-order valence-corrected chi connectivity index (χ0v) is 18.4. The number of rotatable bonds is 6. The van der Waals surface area contributed by atoms with Gasteiger partial charge in [-0.15, -0.1) is 0 Å². The molecule has 1 saturated heterocycles. The number of aromatic hydroxyl groups is 1. The molecule has 31 heavy (non-hydrogen) atoms. The Morgan fingerprint density at radius 3 is 2.68 bits per heavy atom. The van der Waals surface area contributed by atoms with Gasteiger partial charge in [0.2, 0.25) is 5.91 Å². The average Bonchev–Trinajstić information content (AvgIpc) is 3.27. The highest BCUT2D eigenvalue weighted by Gasteiger charge is 2.21. The molecule has 2 aromatic heterocycles. The Kier molecular flexibility index (Phi) is 5.64. The number of thiazole rings is 1. The molecule has 0 saturated carbocycles. The van der Waals surface area contributed by atoms with E-state index < -0.39 is 0 Å². The average molecular weight is 441 g/mol. The van der Waals surface area contributed by atoms with Gasteiger partial charge in [0.25, 0.3) is 5.91 Å². The van der Waals surface area contributed by atoms with Gasteiger partial charge in [-0.05, 0) is 38.8 Å². The number of phenolic OH excluding ortho intramolecular Hbond substituents is 1. The van der Waals surface area contributed by atoms with Gasteiger partial charge in [0.05, 0.1) is 11.9 Å². The second kappa shape index (κ2) is 8.38. The van der Waals surface area contributed by atoms with E-state index in [1.807, 2.05) is 24.9 Å². The van der Waals surface area contributed by atoms with Crippen LogP contribution in [0.15, 0.2) is 24.5 Å². The Hall–Kier alpha value is -3.40. The smallest absolute Gasteiger partial charge is 0.267 e. The molecule has 3 N–H and O–H groups in total. The summed E-state index contributed by atoms with van der Waals surface area (Å²) in [6, 6.07) is 3.36. The van der Waals surface area contributed by atoms with E-state index in [2.05, 4.69) is 20.7 Å². The van der Waals surface area contributed by atoms with Gasteiger partial charge < -0.3 is 20.6 Å². The summed E-state index contributed by atoms with van der Waals surface area (Å²) >= 11 is 1.20. The SMILES string of the molecule is Cc1cn(CC(=O)N2CCC2)nc1Nc1ncc(C(=O)Nc2c(C)ccc(O)c2C)s1. The molecule has 4 rings (SSSR count). The molecule has 10 heteroatoms. The molecule has 0 spiro atoms. The van der Waals surface area contributed by atoms with Crippen molar-refractivity contribution in [2.75, 3.05) is 23.7 Å². The normalized spacial score (nSPS) is 13.1. The third-order valence-electron chi connectivity index (χ3n) is 5.29. The fraction of sp³-hybridized carbons (Fsp3) is 0.333. The monoisotopic (exact) mass is 440 g/mol. The van der Waals surface area contributed by atoms with Crippen LogP contribution in [0.4, 0.5) is 16.6 Å². The van der Waals surface area contributed by atoms with Crippen molar-refractivity contribution in [1.29, 1.82) is 0 Å².